The molecule has 0 aliphatic rings. The number of rotatable bonds is 10. The predicted octanol–water partition coefficient (Wildman–Crippen LogP) is 2.55. The summed E-state index contributed by atoms with van der Waals surface area (Å²) in [6.07, 6.45) is 2.27. The van der Waals surface area contributed by atoms with Crippen LogP contribution >= 0.6 is 11.8 Å². The lowest BCUT2D eigenvalue weighted by Gasteiger charge is -2.17. The van der Waals surface area contributed by atoms with Crippen molar-refractivity contribution in [2.24, 2.45) is 5.41 Å². The molecule has 27 heavy (non-hydrogen) atoms. The van der Waals surface area contributed by atoms with E-state index in [2.05, 4.69) is 53.4 Å². The number of ether oxygens (including phenoxy) is 1. The Morgan fingerprint density at radius 1 is 1.30 bits per heavy atom. The van der Waals surface area contributed by atoms with Gasteiger partial charge in [-0.15, -0.1) is 0 Å². The maximum atomic E-state index is 12.0. The Labute approximate surface area is 164 Å². The Bertz CT molecular complexity index is 756. The van der Waals surface area contributed by atoms with Gasteiger partial charge in [0.15, 0.2) is 10.8 Å². The molecule has 1 amide bonds. The van der Waals surface area contributed by atoms with Gasteiger partial charge in [0.1, 0.15) is 5.82 Å². The quantitative estimate of drug-likeness (QED) is 0.363. The molecule has 2 heterocycles. The zero-order valence-corrected chi connectivity index (χ0v) is 17.7. The van der Waals surface area contributed by atoms with Crippen LogP contribution in [0.5, 0.6) is 0 Å². The minimum absolute atomic E-state index is 0.0231. The summed E-state index contributed by atoms with van der Waals surface area (Å²) in [5.41, 5.74) is 0.746. The summed E-state index contributed by atoms with van der Waals surface area (Å²) in [6.45, 7) is 10.5. The first kappa shape index (κ1) is 21.4. The third kappa shape index (κ3) is 6.66. The summed E-state index contributed by atoms with van der Waals surface area (Å²) in [4.78, 5) is 21.2. The molecule has 0 saturated heterocycles. The Morgan fingerprint density at radius 2 is 2.07 bits per heavy atom. The van der Waals surface area contributed by atoms with Gasteiger partial charge < -0.3 is 15.4 Å². The Kier molecular flexibility index (Phi) is 7.85. The van der Waals surface area contributed by atoms with Crippen molar-refractivity contribution in [3.8, 4) is 0 Å². The summed E-state index contributed by atoms with van der Waals surface area (Å²) in [7, 11) is 1.67. The molecule has 2 rings (SSSR count). The van der Waals surface area contributed by atoms with Crippen LogP contribution in [0.3, 0.4) is 0 Å². The van der Waals surface area contributed by atoms with Crippen LogP contribution in [0.15, 0.2) is 11.4 Å². The monoisotopic (exact) mass is 394 g/mol. The molecule has 9 heteroatoms. The van der Waals surface area contributed by atoms with Crippen molar-refractivity contribution < 1.29 is 9.53 Å². The smallest absolute Gasteiger partial charge is 0.220 e. The van der Waals surface area contributed by atoms with Crippen LogP contribution in [0.1, 0.15) is 34.1 Å². The number of aromatic nitrogens is 4. The second kappa shape index (κ2) is 9.89. The van der Waals surface area contributed by atoms with Gasteiger partial charge in [0, 0.05) is 26.6 Å². The van der Waals surface area contributed by atoms with Crippen molar-refractivity contribution in [3.63, 3.8) is 0 Å². The van der Waals surface area contributed by atoms with Gasteiger partial charge in [0.25, 0.3) is 0 Å². The van der Waals surface area contributed by atoms with Gasteiger partial charge in [-0.1, -0.05) is 39.5 Å². The third-order valence-corrected chi connectivity index (χ3v) is 4.41. The van der Waals surface area contributed by atoms with Crippen molar-refractivity contribution >= 4 is 34.5 Å². The fourth-order valence-corrected chi connectivity index (χ4v) is 3.11. The summed E-state index contributed by atoms with van der Waals surface area (Å²) in [6, 6.07) is 0. The number of nitrogens with one attached hydrogen (secondary N) is 2. The summed E-state index contributed by atoms with van der Waals surface area (Å²) >= 11 is 1.59. The number of hydrogen-bond donors (Lipinski definition) is 2. The van der Waals surface area contributed by atoms with Crippen LogP contribution in [0.2, 0.25) is 0 Å². The van der Waals surface area contributed by atoms with E-state index in [1.165, 1.54) is 0 Å². The van der Waals surface area contributed by atoms with Gasteiger partial charge in [-0.2, -0.15) is 5.10 Å². The van der Waals surface area contributed by atoms with Crippen molar-refractivity contribution in [1.29, 1.82) is 0 Å². The van der Waals surface area contributed by atoms with Gasteiger partial charge >= 0.3 is 0 Å². The molecule has 2 N–H and O–H groups in total. The second-order valence-corrected chi connectivity index (χ2v) is 8.63. The lowest BCUT2D eigenvalue weighted by Crippen LogP contribution is -2.30. The molecule has 2 aromatic rings. The zero-order chi connectivity index (χ0) is 19.9. The standard InChI is InChI=1S/C18H30N6O2S/c1-6-27-17-22-15(20-8-10-26-5)13-12-21-24(16(13)23-17)9-7-19-14(25)11-18(2,3)4/h12H,6-11H2,1-5H3,(H,19,25)(H,20,22,23). The summed E-state index contributed by atoms with van der Waals surface area (Å²) < 4.78 is 6.91. The van der Waals surface area contributed by atoms with E-state index < -0.39 is 0 Å². The molecular weight excluding hydrogens is 364 g/mol. The lowest BCUT2D eigenvalue weighted by molar-refractivity contribution is -0.122. The van der Waals surface area contributed by atoms with Gasteiger partial charge in [0.05, 0.1) is 24.7 Å². The predicted molar refractivity (Wildman–Crippen MR) is 109 cm³/mol. The van der Waals surface area contributed by atoms with E-state index in [0.29, 0.717) is 37.8 Å². The molecule has 0 atom stereocenters. The molecule has 0 aromatic carbocycles. The molecule has 0 saturated carbocycles. The number of amides is 1. The molecule has 2 aromatic heterocycles. The molecular formula is C18H30N6O2S. The van der Waals surface area contributed by atoms with E-state index in [9.17, 15) is 4.79 Å². The molecule has 0 bridgehead atoms. The molecule has 0 spiro atoms. The number of methoxy groups -OCH3 is 1. The van der Waals surface area contributed by atoms with Crippen molar-refractivity contribution in [3.05, 3.63) is 6.20 Å². The van der Waals surface area contributed by atoms with Gasteiger partial charge in [-0.25, -0.2) is 14.6 Å². The number of hydrogen-bond acceptors (Lipinski definition) is 7. The maximum absolute atomic E-state index is 12.0. The largest absolute Gasteiger partial charge is 0.383 e. The molecule has 0 fully saturated rings. The van der Waals surface area contributed by atoms with Crippen LogP contribution in [0.25, 0.3) is 11.0 Å². The van der Waals surface area contributed by atoms with Gasteiger partial charge in [-0.3, -0.25) is 4.79 Å². The van der Waals surface area contributed by atoms with E-state index in [-0.39, 0.29) is 11.3 Å². The van der Waals surface area contributed by atoms with E-state index >= 15 is 0 Å². The normalized spacial score (nSPS) is 11.7. The topological polar surface area (TPSA) is 94.0 Å². The first-order valence-electron chi connectivity index (χ1n) is 9.20. The Morgan fingerprint density at radius 3 is 2.74 bits per heavy atom. The Balaban J connectivity index is 2.11. The van der Waals surface area contributed by atoms with Crippen LogP contribution in [-0.4, -0.2) is 58.2 Å². The average molecular weight is 395 g/mol. The van der Waals surface area contributed by atoms with Crippen LogP contribution in [0.4, 0.5) is 5.82 Å². The van der Waals surface area contributed by atoms with Crippen molar-refractivity contribution in [2.75, 3.05) is 37.9 Å². The minimum Gasteiger partial charge on any atom is -0.383 e. The Hall–Kier alpha value is -1.87. The van der Waals surface area contributed by atoms with Crippen LogP contribution < -0.4 is 10.6 Å². The van der Waals surface area contributed by atoms with E-state index in [4.69, 9.17) is 4.74 Å². The number of carbonyl (C=O) groups excluding carboxylic acids is 1. The molecule has 0 unspecified atom stereocenters. The average Bonchev–Trinajstić information content (AvgIpc) is 2.97. The highest BCUT2D eigenvalue weighted by Gasteiger charge is 2.16. The number of thioether (sulfide) groups is 1. The molecule has 8 nitrogen and oxygen atoms in total. The second-order valence-electron chi connectivity index (χ2n) is 7.40. The number of fused-ring (bicyclic) bond motifs is 1. The first-order chi connectivity index (χ1) is 12.8. The molecule has 0 radical (unpaired) electrons. The number of nitrogens with zero attached hydrogens (tertiary/aromatic N) is 4. The highest BCUT2D eigenvalue weighted by Crippen LogP contribution is 2.24. The number of carbonyl (C=O) groups is 1. The lowest BCUT2D eigenvalue weighted by atomic mass is 9.92. The number of anilines is 1. The van der Waals surface area contributed by atoms with Crippen LogP contribution in [0, 0.1) is 5.41 Å². The van der Waals surface area contributed by atoms with Crippen LogP contribution in [-0.2, 0) is 16.1 Å². The zero-order valence-electron chi connectivity index (χ0n) is 16.8. The first-order valence-corrected chi connectivity index (χ1v) is 10.2. The molecule has 150 valence electrons. The fraction of sp³-hybridized carbons (Fsp3) is 0.667. The van der Waals surface area contributed by atoms with Crippen molar-refractivity contribution in [2.45, 2.75) is 45.8 Å². The fourth-order valence-electron chi connectivity index (χ4n) is 2.54. The highest BCUT2D eigenvalue weighted by atomic mass is 32.2. The molecule has 0 aliphatic heterocycles. The van der Waals surface area contributed by atoms with Crippen molar-refractivity contribution in [1.82, 2.24) is 25.1 Å². The van der Waals surface area contributed by atoms with Gasteiger partial charge in [0.2, 0.25) is 5.91 Å². The van der Waals surface area contributed by atoms with E-state index in [0.717, 1.165) is 22.6 Å². The van der Waals surface area contributed by atoms with E-state index in [1.807, 2.05) is 4.68 Å². The molecule has 0 aliphatic carbocycles. The summed E-state index contributed by atoms with van der Waals surface area (Å²) in [5.74, 6) is 1.70. The summed E-state index contributed by atoms with van der Waals surface area (Å²) in [5, 5.41) is 12.3. The van der Waals surface area contributed by atoms with Gasteiger partial charge in [-0.05, 0) is 11.2 Å². The maximum Gasteiger partial charge on any atom is 0.220 e. The SMILES string of the molecule is CCSc1nc(NCCOC)c2cnn(CCNC(=O)CC(C)(C)C)c2n1. The third-order valence-electron chi connectivity index (χ3n) is 3.68. The van der Waals surface area contributed by atoms with E-state index in [1.54, 1.807) is 25.1 Å². The highest BCUT2D eigenvalue weighted by molar-refractivity contribution is 7.99. The minimum atomic E-state index is -0.0231.